The van der Waals surface area contributed by atoms with Crippen molar-refractivity contribution in [2.24, 2.45) is 50.2 Å². The van der Waals surface area contributed by atoms with Crippen LogP contribution in [0.4, 0.5) is 0 Å². The molecule has 0 radical (unpaired) electrons. The van der Waals surface area contributed by atoms with E-state index < -0.39 is 238 Å². The topological polar surface area (TPSA) is 472 Å². The van der Waals surface area contributed by atoms with Crippen LogP contribution in [-0.2, 0) is 61.6 Å². The fourth-order valence-electron chi connectivity index (χ4n) is 18.7. The number of allylic oxidation sites excluding steroid dienone is 2. The molecule has 37 atom stereocenters. The average Bonchev–Trinajstić information content (AvgIpc) is 0.675. The number of aliphatic hydroxyl groups excluding tert-OH is 17. The molecule has 0 aromatic carbocycles. The Kier molecular flexibility index (Phi) is 21.2. The van der Waals surface area contributed by atoms with Gasteiger partial charge in [-0.2, -0.15) is 0 Å². The van der Waals surface area contributed by atoms with Gasteiger partial charge in [-0.25, -0.2) is 0 Å². The third-order valence-electron chi connectivity index (χ3n) is 25.0. The number of hydrogen-bond acceptors (Lipinski definition) is 30. The lowest BCUT2D eigenvalue weighted by Gasteiger charge is -2.71. The molecular weight excluding hydrogens is 1250 g/mol. The molecule has 6 heterocycles. The maximum atomic E-state index is 15.3. The highest BCUT2D eigenvalue weighted by Gasteiger charge is 2.71. The molecule has 0 amide bonds. The van der Waals surface area contributed by atoms with Gasteiger partial charge in [0.15, 0.2) is 31.5 Å². The Labute approximate surface area is 545 Å². The minimum atomic E-state index is -1.97. The van der Waals surface area contributed by atoms with Gasteiger partial charge in [-0.1, -0.05) is 60.1 Å². The van der Waals surface area contributed by atoms with Gasteiger partial charge < -0.3 is 144 Å². The molecule has 11 aliphatic rings. The molecule has 94 heavy (non-hydrogen) atoms. The summed E-state index contributed by atoms with van der Waals surface area (Å²) >= 11 is 0. The molecule has 0 aromatic rings. The highest BCUT2D eigenvalue weighted by Crippen LogP contribution is 2.76. The van der Waals surface area contributed by atoms with Gasteiger partial charge in [0.25, 0.3) is 0 Å². The first kappa shape index (κ1) is 73.3. The van der Waals surface area contributed by atoms with Crippen molar-refractivity contribution in [3.63, 3.8) is 0 Å². The Morgan fingerprint density at radius 3 is 1.77 bits per heavy atom. The summed E-state index contributed by atoms with van der Waals surface area (Å²) in [5.41, 5.74) is -2.52. The predicted molar refractivity (Wildman–Crippen MR) is 315 cm³/mol. The Hall–Kier alpha value is -1.91. The van der Waals surface area contributed by atoms with E-state index in [9.17, 15) is 86.8 Å². The Morgan fingerprint density at radius 1 is 0.511 bits per heavy atom. The molecule has 0 unspecified atom stereocenters. The van der Waals surface area contributed by atoms with E-state index in [2.05, 4.69) is 40.7 Å². The van der Waals surface area contributed by atoms with Gasteiger partial charge in [-0.05, 0) is 116 Å². The molecule has 0 spiro atoms. The monoisotopic (exact) mass is 1350 g/mol. The first-order valence-electron chi connectivity index (χ1n) is 33.5. The highest BCUT2D eigenvalue weighted by atomic mass is 16.8. The lowest BCUT2D eigenvalue weighted by molar-refractivity contribution is -0.378. The number of hydrogen-bond donors (Lipinski definition) is 17. The maximum absolute atomic E-state index is 15.3. The number of esters is 1. The molecule has 30 nitrogen and oxygen atoms in total. The zero-order chi connectivity index (χ0) is 68.6. The fourth-order valence-corrected chi connectivity index (χ4v) is 18.7. The lowest BCUT2D eigenvalue weighted by atomic mass is 9.33. The summed E-state index contributed by atoms with van der Waals surface area (Å²) in [6, 6.07) is 0. The van der Waals surface area contributed by atoms with Crippen LogP contribution in [0, 0.1) is 50.2 Å². The van der Waals surface area contributed by atoms with Crippen LogP contribution >= 0.6 is 0 Å². The summed E-state index contributed by atoms with van der Waals surface area (Å²) in [7, 11) is 0. The van der Waals surface area contributed by atoms with Crippen LogP contribution in [0.1, 0.15) is 120 Å². The molecule has 30 heteroatoms. The van der Waals surface area contributed by atoms with E-state index in [4.69, 9.17) is 56.8 Å². The van der Waals surface area contributed by atoms with Crippen LogP contribution in [0.5, 0.6) is 0 Å². The van der Waals surface area contributed by atoms with Crippen molar-refractivity contribution in [3.05, 3.63) is 11.6 Å². The van der Waals surface area contributed by atoms with Crippen molar-refractivity contribution in [1.29, 1.82) is 0 Å². The number of carbonyl (C=O) groups is 1. The first-order valence-corrected chi connectivity index (χ1v) is 33.5. The quantitative estimate of drug-likeness (QED) is 0.0447. The number of fused-ring (bicyclic) bond motifs is 7. The number of ether oxygens (including phenoxy) is 12. The Balaban J connectivity index is 0.770. The van der Waals surface area contributed by atoms with Gasteiger partial charge in [0.05, 0.1) is 56.3 Å². The number of aliphatic hydroxyl groups is 17. The summed E-state index contributed by atoms with van der Waals surface area (Å²) in [4.78, 5) is 15.3. The van der Waals surface area contributed by atoms with E-state index in [1.165, 1.54) is 13.8 Å². The smallest absolute Gasteiger partial charge is 0.315 e. The number of carbonyl (C=O) groups excluding carboxylic acids is 1. The normalized spacial score (nSPS) is 55.0. The highest BCUT2D eigenvalue weighted by molar-refractivity contribution is 5.79. The van der Waals surface area contributed by atoms with Gasteiger partial charge >= 0.3 is 5.97 Å². The van der Waals surface area contributed by atoms with Gasteiger partial charge in [-0.3, -0.25) is 4.79 Å². The summed E-state index contributed by atoms with van der Waals surface area (Å²) in [5.74, 6) is -1.03. The average molecular weight is 1350 g/mol. The molecule has 0 aromatic heterocycles. The van der Waals surface area contributed by atoms with Crippen molar-refractivity contribution in [3.8, 4) is 0 Å². The van der Waals surface area contributed by atoms with E-state index in [1.54, 1.807) is 0 Å². The molecule has 6 saturated heterocycles. The second kappa shape index (κ2) is 27.1. The zero-order valence-electron chi connectivity index (χ0n) is 54.7. The second-order valence-corrected chi connectivity index (χ2v) is 31.0. The van der Waals surface area contributed by atoms with E-state index in [0.717, 1.165) is 24.8 Å². The molecule has 11 rings (SSSR count). The van der Waals surface area contributed by atoms with Crippen molar-refractivity contribution in [1.82, 2.24) is 0 Å². The van der Waals surface area contributed by atoms with Crippen LogP contribution in [0.2, 0.25) is 0 Å². The van der Waals surface area contributed by atoms with E-state index in [1.807, 2.05) is 13.8 Å². The minimum absolute atomic E-state index is 0.00737. The zero-order valence-corrected chi connectivity index (χ0v) is 54.7. The van der Waals surface area contributed by atoms with Crippen LogP contribution in [0.15, 0.2) is 11.6 Å². The molecule has 5 aliphatic carbocycles. The SMILES string of the molecule is C[C@@H]1O[C@@H](O[C@H]2[C@H](O)[C@@H](O)[C@H](OC[C@H]3O[C@@H](OC(=O)[C@@]45CC[C@]6(C)C(=CC[C@@H]7[C@@]8(C)CC[C@H](O[C@@H]9OC[C@H](O)[C@H](O)[C@H]9O[C@@H]9O[C@@H](C)[C@H](O)[C@@H](O[C@@H]%10OC[C@@H](O)[C@@H](O)[C@H]%10O)[C@H]9O)C(C)(C)[C@@H]8CC[C@]76C)[C@@H]4CC(C)(C)[C@H](O)C5)[C@H](O)[C@@H](O)[C@@H]3O)O[C@@H]2CO)[C@H](O)[C@H](O)[C@H]1O. The van der Waals surface area contributed by atoms with E-state index in [0.29, 0.717) is 25.7 Å². The van der Waals surface area contributed by atoms with Crippen LogP contribution in [0.3, 0.4) is 0 Å². The van der Waals surface area contributed by atoms with Crippen molar-refractivity contribution >= 4 is 5.97 Å². The van der Waals surface area contributed by atoms with Gasteiger partial charge in [0.1, 0.15) is 122 Å². The largest absolute Gasteiger partial charge is 0.432 e. The van der Waals surface area contributed by atoms with E-state index in [-0.39, 0.29) is 42.1 Å². The van der Waals surface area contributed by atoms with Crippen LogP contribution < -0.4 is 0 Å². The second-order valence-electron chi connectivity index (χ2n) is 31.0. The van der Waals surface area contributed by atoms with Gasteiger partial charge in [-0.15, -0.1) is 0 Å². The summed E-state index contributed by atoms with van der Waals surface area (Å²) in [6.07, 6.45) is -39.3. The van der Waals surface area contributed by atoms with Gasteiger partial charge in [0, 0.05) is 0 Å². The molecular formula is C64H104O30. The van der Waals surface area contributed by atoms with Crippen molar-refractivity contribution in [2.75, 3.05) is 26.4 Å². The predicted octanol–water partition coefficient (Wildman–Crippen LogP) is -4.08. The standard InChI is InChI=1S/C64H104O30/c1-24-36(69)41(74)45(78)54(86-24)91-49-30(20-65)88-52(47(80)43(49)76)85-23-31-40(73)42(75)46(79)55(89-31)94-58(82)64-17-16-62(8)26(27(64)18-59(3,4)34(68)19-64)10-11-33-61(7)14-13-35(60(5,6)32(61)12-15-63(33,62)9)90-57-51(39(72)29(67)22-84-57)93-56-48(81)50(37(70)25(2)87-56)92-53-44(77)38(71)28(66)21-83-53/h10,24-25,27-57,65-81H,11-23H2,1-9H3/t24-,25-,27-,28+,29-,30+,31+,32-,33+,34+,35-,36-,37-,38+,39-,40+,41+,42-,43+,44+,45+,46+,47+,48+,49+,50+,51+,52+,53-,54-,55-,56-,57-,61-,62+,63+,64+/m0/s1. The molecule has 10 fully saturated rings. The summed E-state index contributed by atoms with van der Waals surface area (Å²) in [6.45, 7) is 15.9. The van der Waals surface area contributed by atoms with E-state index >= 15 is 4.79 Å². The molecule has 4 saturated carbocycles. The fraction of sp³-hybridized carbons (Fsp3) is 0.953. The molecule has 0 bridgehead atoms. The van der Waals surface area contributed by atoms with Crippen molar-refractivity contribution < 1.29 is 148 Å². The molecule has 6 aliphatic heterocycles. The number of rotatable bonds is 14. The third kappa shape index (κ3) is 12.4. The van der Waals surface area contributed by atoms with Crippen molar-refractivity contribution in [2.45, 2.75) is 304 Å². The van der Waals surface area contributed by atoms with Crippen LogP contribution in [-0.4, -0.2) is 303 Å². The summed E-state index contributed by atoms with van der Waals surface area (Å²) in [5, 5.41) is 186. The molecule has 540 valence electrons. The first-order chi connectivity index (χ1) is 44.0. The Morgan fingerprint density at radius 2 is 1.09 bits per heavy atom. The molecule has 17 N–H and O–H groups in total. The van der Waals surface area contributed by atoms with Gasteiger partial charge in [0.2, 0.25) is 6.29 Å². The Bertz CT molecular complexity index is 2660. The minimum Gasteiger partial charge on any atom is -0.432 e. The third-order valence-corrected chi connectivity index (χ3v) is 25.0. The maximum Gasteiger partial charge on any atom is 0.315 e. The lowest BCUT2D eigenvalue weighted by Crippen LogP contribution is -2.67. The van der Waals surface area contributed by atoms with Crippen LogP contribution in [0.25, 0.3) is 0 Å². The summed E-state index contributed by atoms with van der Waals surface area (Å²) < 4.78 is 71.3.